The van der Waals surface area contributed by atoms with E-state index in [2.05, 4.69) is 6.07 Å². The Labute approximate surface area is 141 Å². The highest BCUT2D eigenvalue weighted by Gasteiger charge is 2.33. The number of nitrogens with zero attached hydrogens (tertiary/aromatic N) is 2. The molecular weight excluding hydrogens is 302 g/mol. The van der Waals surface area contributed by atoms with Gasteiger partial charge in [-0.05, 0) is 61.7 Å². The summed E-state index contributed by atoms with van der Waals surface area (Å²) in [5.41, 5.74) is 7.17. The number of hydrogen-bond donors (Lipinski definition) is 1. The second kappa shape index (κ2) is 6.63. The molecule has 5 nitrogen and oxygen atoms in total. The van der Waals surface area contributed by atoms with Crippen molar-refractivity contribution < 1.29 is 9.53 Å². The Kier molecular flexibility index (Phi) is 4.39. The molecule has 122 valence electrons. The molecule has 0 spiro atoms. The van der Waals surface area contributed by atoms with Gasteiger partial charge in [0.25, 0.3) is 0 Å². The van der Waals surface area contributed by atoms with Crippen molar-refractivity contribution in [1.29, 1.82) is 5.26 Å². The standard InChI is InChI=1S/C19H19N3O2/c1-13-2-11-18(22(13)19(21)23)15-5-9-17(10-6-15)24-16-7-3-14(12-20)4-8-16/h3-10,13,18H,2,11H2,1H3,(H2,21,23)/t13?,18-/m1/s1. The molecule has 1 saturated heterocycles. The molecule has 0 aliphatic carbocycles. The van der Waals surface area contributed by atoms with Gasteiger partial charge in [0.2, 0.25) is 0 Å². The Bertz CT molecular complexity index is 763. The summed E-state index contributed by atoms with van der Waals surface area (Å²) in [4.78, 5) is 13.4. The highest BCUT2D eigenvalue weighted by molar-refractivity contribution is 5.73. The summed E-state index contributed by atoms with van der Waals surface area (Å²) in [7, 11) is 0. The van der Waals surface area contributed by atoms with Crippen LogP contribution >= 0.6 is 0 Å². The van der Waals surface area contributed by atoms with Gasteiger partial charge in [-0.25, -0.2) is 4.79 Å². The third-order valence-electron chi connectivity index (χ3n) is 4.41. The number of likely N-dealkylation sites (tertiary alicyclic amines) is 1. The van der Waals surface area contributed by atoms with E-state index < -0.39 is 0 Å². The number of nitrogens with two attached hydrogens (primary N) is 1. The molecule has 2 amide bonds. The third kappa shape index (κ3) is 3.18. The lowest BCUT2D eigenvalue weighted by Crippen LogP contribution is -2.39. The van der Waals surface area contributed by atoms with Crippen molar-refractivity contribution in [3.05, 3.63) is 59.7 Å². The summed E-state index contributed by atoms with van der Waals surface area (Å²) in [5, 5.41) is 8.80. The van der Waals surface area contributed by atoms with E-state index in [9.17, 15) is 4.79 Å². The van der Waals surface area contributed by atoms with Crippen LogP contribution < -0.4 is 10.5 Å². The number of ether oxygens (including phenoxy) is 1. The molecular formula is C19H19N3O2. The minimum absolute atomic E-state index is 0.0291. The number of benzene rings is 2. The van der Waals surface area contributed by atoms with E-state index in [-0.39, 0.29) is 18.1 Å². The second-order valence-electron chi connectivity index (χ2n) is 5.99. The van der Waals surface area contributed by atoms with Crippen molar-refractivity contribution in [1.82, 2.24) is 4.90 Å². The van der Waals surface area contributed by atoms with Crippen LogP contribution in [0.5, 0.6) is 11.5 Å². The topological polar surface area (TPSA) is 79.3 Å². The molecule has 1 heterocycles. The number of primary amides is 1. The van der Waals surface area contributed by atoms with Gasteiger partial charge in [0, 0.05) is 6.04 Å². The van der Waals surface area contributed by atoms with E-state index >= 15 is 0 Å². The highest BCUT2D eigenvalue weighted by Crippen LogP contribution is 2.36. The van der Waals surface area contributed by atoms with Crippen LogP contribution in [0.1, 0.15) is 36.9 Å². The zero-order chi connectivity index (χ0) is 17.1. The second-order valence-corrected chi connectivity index (χ2v) is 5.99. The van der Waals surface area contributed by atoms with Gasteiger partial charge in [0.1, 0.15) is 11.5 Å². The van der Waals surface area contributed by atoms with Crippen molar-refractivity contribution >= 4 is 6.03 Å². The SMILES string of the molecule is CC1CC[C@H](c2ccc(Oc3ccc(C#N)cc3)cc2)N1C(N)=O. The molecule has 24 heavy (non-hydrogen) atoms. The van der Waals surface area contributed by atoms with E-state index in [1.165, 1.54) is 0 Å². The number of amides is 2. The molecule has 2 aromatic carbocycles. The fourth-order valence-corrected chi connectivity index (χ4v) is 3.17. The maximum atomic E-state index is 11.7. The molecule has 2 aromatic rings. The summed E-state index contributed by atoms with van der Waals surface area (Å²) in [6.45, 7) is 2.02. The van der Waals surface area contributed by atoms with E-state index in [1.807, 2.05) is 31.2 Å². The molecule has 0 saturated carbocycles. The van der Waals surface area contributed by atoms with Crippen molar-refractivity contribution in [3.8, 4) is 17.6 Å². The first-order valence-corrected chi connectivity index (χ1v) is 7.94. The van der Waals surface area contributed by atoms with Gasteiger partial charge in [-0.15, -0.1) is 0 Å². The van der Waals surface area contributed by atoms with Gasteiger partial charge in [-0.2, -0.15) is 5.26 Å². The average Bonchev–Trinajstić information content (AvgIpc) is 2.98. The van der Waals surface area contributed by atoms with Crippen LogP contribution in [-0.2, 0) is 0 Å². The Morgan fingerprint density at radius 2 is 1.71 bits per heavy atom. The summed E-state index contributed by atoms with van der Waals surface area (Å²) in [5.74, 6) is 1.38. The van der Waals surface area contributed by atoms with E-state index in [4.69, 9.17) is 15.7 Å². The van der Waals surface area contributed by atoms with Gasteiger partial charge in [0.15, 0.2) is 0 Å². The molecule has 1 aliphatic rings. The predicted molar refractivity (Wildman–Crippen MR) is 90.5 cm³/mol. The minimum Gasteiger partial charge on any atom is -0.457 e. The highest BCUT2D eigenvalue weighted by atomic mass is 16.5. The molecule has 1 unspecified atom stereocenters. The van der Waals surface area contributed by atoms with Crippen LogP contribution in [0.3, 0.4) is 0 Å². The molecule has 1 fully saturated rings. The number of hydrogen-bond acceptors (Lipinski definition) is 3. The van der Waals surface area contributed by atoms with Crippen LogP contribution in [-0.4, -0.2) is 17.0 Å². The number of nitriles is 1. The molecule has 2 N–H and O–H groups in total. The Hall–Kier alpha value is -3.00. The first kappa shape index (κ1) is 15.9. The van der Waals surface area contributed by atoms with E-state index in [1.54, 1.807) is 29.2 Å². The lowest BCUT2D eigenvalue weighted by Gasteiger charge is -2.27. The summed E-state index contributed by atoms with van der Waals surface area (Å²) in [6, 6.07) is 16.6. The first-order valence-electron chi connectivity index (χ1n) is 7.94. The largest absolute Gasteiger partial charge is 0.457 e. The van der Waals surface area contributed by atoms with Crippen LogP contribution in [0.15, 0.2) is 48.5 Å². The molecule has 3 rings (SSSR count). The van der Waals surface area contributed by atoms with Gasteiger partial charge >= 0.3 is 6.03 Å². The number of rotatable bonds is 3. The zero-order valence-electron chi connectivity index (χ0n) is 13.5. The third-order valence-corrected chi connectivity index (χ3v) is 4.41. The van der Waals surface area contributed by atoms with Crippen LogP contribution in [0.25, 0.3) is 0 Å². The van der Waals surface area contributed by atoms with Gasteiger partial charge < -0.3 is 15.4 Å². The molecule has 0 aromatic heterocycles. The number of urea groups is 1. The Morgan fingerprint density at radius 1 is 1.12 bits per heavy atom. The van der Waals surface area contributed by atoms with Crippen molar-refractivity contribution in [3.63, 3.8) is 0 Å². The lowest BCUT2D eigenvalue weighted by molar-refractivity contribution is 0.186. The number of carbonyl (C=O) groups excluding carboxylic acids is 1. The molecule has 0 radical (unpaired) electrons. The van der Waals surface area contributed by atoms with Crippen LogP contribution in [0.2, 0.25) is 0 Å². The summed E-state index contributed by atoms with van der Waals surface area (Å²) < 4.78 is 5.78. The Morgan fingerprint density at radius 3 is 2.25 bits per heavy atom. The molecule has 2 atom stereocenters. The lowest BCUT2D eigenvalue weighted by atomic mass is 10.0. The van der Waals surface area contributed by atoms with Crippen molar-refractivity contribution in [2.45, 2.75) is 31.8 Å². The van der Waals surface area contributed by atoms with Gasteiger partial charge in [0.05, 0.1) is 17.7 Å². The zero-order valence-corrected chi connectivity index (χ0v) is 13.5. The molecule has 1 aliphatic heterocycles. The molecule has 5 heteroatoms. The fraction of sp³-hybridized carbons (Fsp3) is 0.263. The fourth-order valence-electron chi connectivity index (χ4n) is 3.17. The minimum atomic E-state index is -0.372. The van der Waals surface area contributed by atoms with E-state index in [0.29, 0.717) is 17.1 Å². The normalized spacial score (nSPS) is 19.8. The van der Waals surface area contributed by atoms with E-state index in [0.717, 1.165) is 18.4 Å². The summed E-state index contributed by atoms with van der Waals surface area (Å²) >= 11 is 0. The smallest absolute Gasteiger partial charge is 0.315 e. The maximum absolute atomic E-state index is 11.7. The summed E-state index contributed by atoms with van der Waals surface area (Å²) in [6.07, 6.45) is 1.87. The monoisotopic (exact) mass is 321 g/mol. The molecule has 0 bridgehead atoms. The van der Waals surface area contributed by atoms with Gasteiger partial charge in [-0.1, -0.05) is 12.1 Å². The average molecular weight is 321 g/mol. The van der Waals surface area contributed by atoms with Gasteiger partial charge in [-0.3, -0.25) is 0 Å². The first-order chi connectivity index (χ1) is 11.6. The number of carbonyl (C=O) groups is 1. The van der Waals surface area contributed by atoms with Crippen LogP contribution in [0, 0.1) is 11.3 Å². The van der Waals surface area contributed by atoms with Crippen LogP contribution in [0.4, 0.5) is 4.79 Å². The van der Waals surface area contributed by atoms with Crippen molar-refractivity contribution in [2.75, 3.05) is 0 Å². The predicted octanol–water partition coefficient (Wildman–Crippen LogP) is 3.95. The maximum Gasteiger partial charge on any atom is 0.315 e. The van der Waals surface area contributed by atoms with Crippen molar-refractivity contribution in [2.24, 2.45) is 5.73 Å². The Balaban J connectivity index is 1.73. The quantitative estimate of drug-likeness (QED) is 0.929.